The Kier molecular flexibility index (Phi) is 11.3. The quantitative estimate of drug-likeness (QED) is 0.320. The third-order valence-electron chi connectivity index (χ3n) is 1.70. The van der Waals surface area contributed by atoms with Gasteiger partial charge in [-0.3, -0.25) is 4.79 Å². The normalized spacial score (nSPS) is 10.1. The zero-order valence-electron chi connectivity index (χ0n) is 10.9. The summed E-state index contributed by atoms with van der Waals surface area (Å²) in [4.78, 5) is 10.5. The molecule has 0 heterocycles. The van der Waals surface area contributed by atoms with Crippen molar-refractivity contribution in [3.63, 3.8) is 0 Å². The van der Waals surface area contributed by atoms with E-state index in [1.54, 1.807) is 12.2 Å². The zero-order chi connectivity index (χ0) is 13.5. The number of rotatable bonds is 5. The van der Waals surface area contributed by atoms with Gasteiger partial charge in [0.1, 0.15) is 0 Å². The lowest BCUT2D eigenvalue weighted by atomic mass is 10.3. The zero-order valence-corrected chi connectivity index (χ0v) is 10.9. The number of carbonyl (C=O) groups excluding carboxylic acids is 1. The predicted molar refractivity (Wildman–Crippen MR) is 74.5 cm³/mol. The summed E-state index contributed by atoms with van der Waals surface area (Å²) in [6.07, 6.45) is 12.9. The highest BCUT2D eigenvalue weighted by Gasteiger charge is 1.89. The first-order valence-corrected chi connectivity index (χ1v) is 5.84. The van der Waals surface area contributed by atoms with Crippen LogP contribution in [-0.2, 0) is 9.53 Å². The van der Waals surface area contributed by atoms with Crippen LogP contribution < -0.4 is 0 Å². The van der Waals surface area contributed by atoms with Gasteiger partial charge in [0.2, 0.25) is 0 Å². The maximum atomic E-state index is 10.5. The van der Waals surface area contributed by atoms with Crippen LogP contribution in [0.25, 0.3) is 0 Å². The van der Waals surface area contributed by atoms with Gasteiger partial charge in [-0.2, -0.15) is 0 Å². The van der Waals surface area contributed by atoms with Crippen molar-refractivity contribution in [2.45, 2.75) is 26.7 Å². The third kappa shape index (κ3) is 13.8. The van der Waals surface area contributed by atoms with Crippen LogP contribution in [0.5, 0.6) is 0 Å². The van der Waals surface area contributed by atoms with E-state index in [-0.39, 0.29) is 5.97 Å². The predicted octanol–water partition coefficient (Wildman–Crippen LogP) is 3.03. The van der Waals surface area contributed by atoms with Gasteiger partial charge in [-0.25, -0.2) is 0 Å². The van der Waals surface area contributed by atoms with Crippen LogP contribution in [0, 0.1) is 23.7 Å². The van der Waals surface area contributed by atoms with Crippen LogP contribution in [-0.4, -0.2) is 12.6 Å². The van der Waals surface area contributed by atoms with Crippen molar-refractivity contribution in [3.05, 3.63) is 36.5 Å². The summed E-state index contributed by atoms with van der Waals surface area (Å²) in [5, 5.41) is 0. The Morgan fingerprint density at radius 2 is 1.89 bits per heavy atom. The van der Waals surface area contributed by atoms with Crippen LogP contribution in [0.2, 0.25) is 0 Å². The average Bonchev–Trinajstić information content (AvgIpc) is 2.34. The van der Waals surface area contributed by atoms with E-state index < -0.39 is 0 Å². The maximum absolute atomic E-state index is 10.5. The Labute approximate surface area is 109 Å². The van der Waals surface area contributed by atoms with Gasteiger partial charge in [0, 0.05) is 6.92 Å². The fraction of sp³-hybridized carbons (Fsp3) is 0.312. The second-order valence-electron chi connectivity index (χ2n) is 3.31. The first-order chi connectivity index (χ1) is 8.77. The molecule has 0 aliphatic rings. The number of esters is 1. The Balaban J connectivity index is 3.64. The maximum Gasteiger partial charge on any atom is 0.302 e. The van der Waals surface area contributed by atoms with E-state index >= 15 is 0 Å². The van der Waals surface area contributed by atoms with Crippen molar-refractivity contribution in [1.82, 2.24) is 0 Å². The molecule has 18 heavy (non-hydrogen) atoms. The van der Waals surface area contributed by atoms with Gasteiger partial charge in [0.25, 0.3) is 0 Å². The minimum atomic E-state index is -0.229. The first kappa shape index (κ1) is 15.8. The summed E-state index contributed by atoms with van der Waals surface area (Å²) in [5.74, 6) is 10.7. The van der Waals surface area contributed by atoms with Crippen LogP contribution in [0.4, 0.5) is 0 Å². The van der Waals surface area contributed by atoms with Crippen LogP contribution in [0.15, 0.2) is 36.5 Å². The molecule has 0 radical (unpaired) electrons. The molecule has 0 aliphatic carbocycles. The van der Waals surface area contributed by atoms with Crippen molar-refractivity contribution in [2.24, 2.45) is 0 Å². The first-order valence-electron chi connectivity index (χ1n) is 5.84. The lowest BCUT2D eigenvalue weighted by Gasteiger charge is -1.97. The van der Waals surface area contributed by atoms with Crippen LogP contribution in [0.3, 0.4) is 0 Å². The molecule has 94 valence electrons. The standard InChI is InChI=1S/C16H18O2/c1-3-4-5-6-7-8-9-10-11-12-13-14-15-18-16(2)17/h3-4,9-12H,13-15H2,1-2H3/b4-3+,10-9+,12-11+. The van der Waals surface area contributed by atoms with E-state index in [1.807, 2.05) is 31.2 Å². The van der Waals surface area contributed by atoms with Gasteiger partial charge in [-0.1, -0.05) is 36.1 Å². The number of allylic oxidation sites excluding steroid dienone is 6. The molecule has 0 N–H and O–H groups in total. The molecule has 0 amide bonds. The van der Waals surface area contributed by atoms with E-state index in [4.69, 9.17) is 4.74 Å². The molecule has 0 atom stereocenters. The summed E-state index contributed by atoms with van der Waals surface area (Å²) >= 11 is 0. The Morgan fingerprint density at radius 1 is 1.17 bits per heavy atom. The van der Waals surface area contributed by atoms with E-state index in [0.29, 0.717) is 6.61 Å². The molecular weight excluding hydrogens is 224 g/mol. The van der Waals surface area contributed by atoms with Crippen molar-refractivity contribution in [3.8, 4) is 23.7 Å². The lowest BCUT2D eigenvalue weighted by Crippen LogP contribution is -1.99. The van der Waals surface area contributed by atoms with E-state index in [9.17, 15) is 4.79 Å². The van der Waals surface area contributed by atoms with Gasteiger partial charge in [-0.05, 0) is 43.8 Å². The van der Waals surface area contributed by atoms with Crippen molar-refractivity contribution < 1.29 is 9.53 Å². The highest BCUT2D eigenvalue weighted by molar-refractivity contribution is 5.65. The lowest BCUT2D eigenvalue weighted by molar-refractivity contribution is -0.141. The summed E-state index contributed by atoms with van der Waals surface area (Å²) < 4.78 is 4.80. The number of ether oxygens (including phenoxy) is 1. The number of hydrogen-bond donors (Lipinski definition) is 0. The summed E-state index contributed by atoms with van der Waals surface area (Å²) in [6.45, 7) is 3.80. The molecule has 0 bridgehead atoms. The molecule has 0 aromatic carbocycles. The molecule has 0 aliphatic heterocycles. The van der Waals surface area contributed by atoms with E-state index in [1.165, 1.54) is 6.92 Å². The van der Waals surface area contributed by atoms with E-state index in [2.05, 4.69) is 23.7 Å². The van der Waals surface area contributed by atoms with E-state index in [0.717, 1.165) is 12.8 Å². The SMILES string of the molecule is C/C=C/C#CC#C/C=C/C=C/CCCOC(C)=O. The van der Waals surface area contributed by atoms with Gasteiger partial charge in [0.15, 0.2) is 0 Å². The van der Waals surface area contributed by atoms with Gasteiger partial charge in [0.05, 0.1) is 6.61 Å². The van der Waals surface area contributed by atoms with Crippen LogP contribution in [0.1, 0.15) is 26.7 Å². The number of carbonyl (C=O) groups is 1. The number of hydrogen-bond acceptors (Lipinski definition) is 2. The smallest absolute Gasteiger partial charge is 0.302 e. The molecule has 0 fully saturated rings. The third-order valence-corrected chi connectivity index (χ3v) is 1.70. The molecule has 0 saturated heterocycles. The minimum Gasteiger partial charge on any atom is -0.466 e. The fourth-order valence-electron chi connectivity index (χ4n) is 0.934. The fourth-order valence-corrected chi connectivity index (χ4v) is 0.934. The van der Waals surface area contributed by atoms with Gasteiger partial charge < -0.3 is 4.74 Å². The average molecular weight is 242 g/mol. The summed E-state index contributed by atoms with van der Waals surface area (Å²) in [5.41, 5.74) is 0. The monoisotopic (exact) mass is 242 g/mol. The van der Waals surface area contributed by atoms with Crippen molar-refractivity contribution in [2.75, 3.05) is 6.61 Å². The topological polar surface area (TPSA) is 26.3 Å². The van der Waals surface area contributed by atoms with Crippen molar-refractivity contribution in [1.29, 1.82) is 0 Å². The molecule has 2 nitrogen and oxygen atoms in total. The van der Waals surface area contributed by atoms with Crippen molar-refractivity contribution >= 4 is 5.97 Å². The Hall–Kier alpha value is -2.19. The summed E-state index contributed by atoms with van der Waals surface area (Å²) in [6, 6.07) is 0. The molecule has 0 unspecified atom stereocenters. The molecular formula is C16H18O2. The Bertz CT molecular complexity index is 431. The minimum absolute atomic E-state index is 0.229. The largest absolute Gasteiger partial charge is 0.466 e. The van der Waals surface area contributed by atoms with Gasteiger partial charge in [-0.15, -0.1) is 0 Å². The van der Waals surface area contributed by atoms with Crippen LogP contribution >= 0.6 is 0 Å². The molecule has 2 heteroatoms. The van der Waals surface area contributed by atoms with Gasteiger partial charge >= 0.3 is 5.97 Å². The molecule has 0 aromatic heterocycles. The highest BCUT2D eigenvalue weighted by Crippen LogP contribution is 1.92. The molecule has 0 rings (SSSR count). The highest BCUT2D eigenvalue weighted by atomic mass is 16.5. The molecule has 0 saturated carbocycles. The second kappa shape index (κ2) is 12.9. The summed E-state index contributed by atoms with van der Waals surface area (Å²) in [7, 11) is 0. The molecule has 0 aromatic rings. The Morgan fingerprint density at radius 3 is 2.56 bits per heavy atom. The second-order valence-corrected chi connectivity index (χ2v) is 3.31. The molecule has 0 spiro atoms. The number of unbranched alkanes of at least 4 members (excludes halogenated alkanes) is 1.